The standard InChI is InChI=1S/C8H4BrN3/c9-6-1-7(3-10)12-5-11-4-8(12)2-6/h1-2,4-5H. The summed E-state index contributed by atoms with van der Waals surface area (Å²) in [6.07, 6.45) is 3.34. The number of fused-ring (bicyclic) bond motifs is 1. The molecule has 0 bridgehead atoms. The van der Waals surface area contributed by atoms with Gasteiger partial charge in [-0.3, -0.25) is 4.40 Å². The van der Waals surface area contributed by atoms with Crippen LogP contribution in [0.15, 0.2) is 29.1 Å². The van der Waals surface area contributed by atoms with E-state index in [1.165, 1.54) is 0 Å². The average Bonchev–Trinajstić information content (AvgIpc) is 2.50. The number of nitriles is 1. The summed E-state index contributed by atoms with van der Waals surface area (Å²) in [4.78, 5) is 3.94. The Hall–Kier alpha value is -1.34. The van der Waals surface area contributed by atoms with Crippen molar-refractivity contribution in [2.24, 2.45) is 0 Å². The predicted octanol–water partition coefficient (Wildman–Crippen LogP) is 1.97. The summed E-state index contributed by atoms with van der Waals surface area (Å²) in [7, 11) is 0. The third-order valence-corrected chi connectivity index (χ3v) is 2.06. The van der Waals surface area contributed by atoms with Gasteiger partial charge in [-0.25, -0.2) is 4.98 Å². The van der Waals surface area contributed by atoms with Crippen molar-refractivity contribution in [1.29, 1.82) is 5.26 Å². The Morgan fingerprint density at radius 1 is 1.50 bits per heavy atom. The van der Waals surface area contributed by atoms with Crippen molar-refractivity contribution in [1.82, 2.24) is 9.38 Å². The van der Waals surface area contributed by atoms with E-state index in [0.717, 1.165) is 9.99 Å². The van der Waals surface area contributed by atoms with Crippen LogP contribution in [0.5, 0.6) is 0 Å². The van der Waals surface area contributed by atoms with Crippen molar-refractivity contribution < 1.29 is 0 Å². The van der Waals surface area contributed by atoms with E-state index < -0.39 is 0 Å². The zero-order valence-corrected chi connectivity index (χ0v) is 7.62. The van der Waals surface area contributed by atoms with Gasteiger partial charge in [-0.1, -0.05) is 15.9 Å². The third kappa shape index (κ3) is 0.990. The second-order valence-corrected chi connectivity index (χ2v) is 3.27. The summed E-state index contributed by atoms with van der Waals surface area (Å²) in [5.41, 5.74) is 1.50. The Labute approximate surface area is 77.4 Å². The highest BCUT2D eigenvalue weighted by molar-refractivity contribution is 9.10. The first-order valence-corrected chi connectivity index (χ1v) is 4.12. The van der Waals surface area contributed by atoms with Crippen LogP contribution in [0.4, 0.5) is 0 Å². The molecule has 0 atom stereocenters. The number of nitrogens with zero attached hydrogens (tertiary/aromatic N) is 3. The van der Waals surface area contributed by atoms with Gasteiger partial charge < -0.3 is 0 Å². The summed E-state index contributed by atoms with van der Waals surface area (Å²) in [6, 6.07) is 5.76. The van der Waals surface area contributed by atoms with E-state index in [9.17, 15) is 0 Å². The van der Waals surface area contributed by atoms with Crippen LogP contribution < -0.4 is 0 Å². The smallest absolute Gasteiger partial charge is 0.127 e. The normalized spacial score (nSPS) is 10.0. The van der Waals surface area contributed by atoms with Gasteiger partial charge in [0.15, 0.2) is 0 Å². The van der Waals surface area contributed by atoms with Gasteiger partial charge in [-0.05, 0) is 12.1 Å². The molecule has 2 aromatic heterocycles. The summed E-state index contributed by atoms with van der Waals surface area (Å²) < 4.78 is 2.64. The Morgan fingerprint density at radius 2 is 2.33 bits per heavy atom. The molecule has 2 rings (SSSR count). The number of hydrogen-bond donors (Lipinski definition) is 0. The van der Waals surface area contributed by atoms with Crippen LogP contribution in [0.25, 0.3) is 5.52 Å². The van der Waals surface area contributed by atoms with Crippen LogP contribution in [-0.2, 0) is 0 Å². The zero-order valence-electron chi connectivity index (χ0n) is 6.03. The zero-order chi connectivity index (χ0) is 8.55. The van der Waals surface area contributed by atoms with Gasteiger partial charge >= 0.3 is 0 Å². The lowest BCUT2D eigenvalue weighted by molar-refractivity contribution is 1.11. The lowest BCUT2D eigenvalue weighted by atomic mass is 10.3. The molecule has 0 aliphatic carbocycles. The number of pyridine rings is 1. The van der Waals surface area contributed by atoms with E-state index in [4.69, 9.17) is 5.26 Å². The largest absolute Gasteiger partial charge is 0.290 e. The molecule has 0 radical (unpaired) electrons. The molecule has 0 amide bonds. The number of halogens is 1. The van der Waals surface area contributed by atoms with Crippen molar-refractivity contribution in [2.75, 3.05) is 0 Å². The molecular weight excluding hydrogens is 218 g/mol. The van der Waals surface area contributed by atoms with Gasteiger partial charge in [0.05, 0.1) is 11.7 Å². The minimum Gasteiger partial charge on any atom is -0.290 e. The molecule has 3 nitrogen and oxygen atoms in total. The fourth-order valence-electron chi connectivity index (χ4n) is 1.08. The number of rotatable bonds is 0. The third-order valence-electron chi connectivity index (χ3n) is 1.60. The lowest BCUT2D eigenvalue weighted by Gasteiger charge is -1.96. The van der Waals surface area contributed by atoms with E-state index in [2.05, 4.69) is 27.0 Å². The molecule has 0 N–H and O–H groups in total. The highest BCUT2D eigenvalue weighted by atomic mass is 79.9. The second kappa shape index (κ2) is 2.61. The molecule has 0 fully saturated rings. The van der Waals surface area contributed by atoms with Gasteiger partial charge in [0.25, 0.3) is 0 Å². The van der Waals surface area contributed by atoms with Gasteiger partial charge in [-0.15, -0.1) is 0 Å². The molecule has 4 heteroatoms. The highest BCUT2D eigenvalue weighted by Crippen LogP contribution is 2.15. The molecule has 0 aliphatic heterocycles. The van der Waals surface area contributed by atoms with Crippen molar-refractivity contribution in [3.8, 4) is 6.07 Å². The molecule has 0 saturated heterocycles. The fraction of sp³-hybridized carbons (Fsp3) is 0. The Balaban J connectivity index is 2.91. The van der Waals surface area contributed by atoms with E-state index in [0.29, 0.717) is 5.69 Å². The van der Waals surface area contributed by atoms with E-state index in [-0.39, 0.29) is 0 Å². The molecule has 0 unspecified atom stereocenters. The van der Waals surface area contributed by atoms with Crippen LogP contribution in [-0.4, -0.2) is 9.38 Å². The Bertz CT molecular complexity index is 467. The lowest BCUT2D eigenvalue weighted by Crippen LogP contribution is -1.89. The average molecular weight is 222 g/mol. The van der Waals surface area contributed by atoms with Crippen LogP contribution in [0, 0.1) is 11.3 Å². The first kappa shape index (κ1) is 7.32. The van der Waals surface area contributed by atoms with E-state index in [1.54, 1.807) is 23.0 Å². The first-order valence-electron chi connectivity index (χ1n) is 3.33. The molecule has 58 valence electrons. The molecule has 2 heterocycles. The fourth-order valence-corrected chi connectivity index (χ4v) is 1.53. The molecule has 12 heavy (non-hydrogen) atoms. The van der Waals surface area contributed by atoms with Crippen molar-refractivity contribution in [3.05, 3.63) is 34.8 Å². The van der Waals surface area contributed by atoms with Gasteiger partial charge in [0.1, 0.15) is 18.1 Å². The van der Waals surface area contributed by atoms with Crippen LogP contribution in [0.3, 0.4) is 0 Å². The maximum absolute atomic E-state index is 8.76. The summed E-state index contributed by atoms with van der Waals surface area (Å²) >= 11 is 3.32. The minimum atomic E-state index is 0.580. The van der Waals surface area contributed by atoms with Crippen LogP contribution in [0.1, 0.15) is 5.69 Å². The number of imidazole rings is 1. The molecule has 2 aromatic rings. The van der Waals surface area contributed by atoms with Crippen molar-refractivity contribution in [3.63, 3.8) is 0 Å². The Kier molecular flexibility index (Phi) is 1.59. The van der Waals surface area contributed by atoms with Crippen molar-refractivity contribution >= 4 is 21.4 Å². The highest BCUT2D eigenvalue weighted by Gasteiger charge is 2.00. The summed E-state index contributed by atoms with van der Waals surface area (Å²) in [5.74, 6) is 0. The molecule has 0 spiro atoms. The molecule has 0 saturated carbocycles. The first-order chi connectivity index (χ1) is 5.81. The maximum atomic E-state index is 8.76. The number of hydrogen-bond acceptors (Lipinski definition) is 2. The van der Waals surface area contributed by atoms with E-state index >= 15 is 0 Å². The SMILES string of the molecule is N#Cc1cc(Br)cc2cncn12. The summed E-state index contributed by atoms with van der Waals surface area (Å²) in [6.45, 7) is 0. The monoisotopic (exact) mass is 221 g/mol. The maximum Gasteiger partial charge on any atom is 0.127 e. The van der Waals surface area contributed by atoms with Crippen LogP contribution in [0.2, 0.25) is 0 Å². The predicted molar refractivity (Wildman–Crippen MR) is 47.6 cm³/mol. The van der Waals surface area contributed by atoms with Gasteiger partial charge in [0, 0.05) is 4.47 Å². The van der Waals surface area contributed by atoms with E-state index in [1.807, 2.05) is 6.07 Å². The van der Waals surface area contributed by atoms with Gasteiger partial charge in [-0.2, -0.15) is 5.26 Å². The van der Waals surface area contributed by atoms with Gasteiger partial charge in [0.2, 0.25) is 0 Å². The summed E-state index contributed by atoms with van der Waals surface area (Å²) in [5, 5.41) is 8.76. The van der Waals surface area contributed by atoms with Crippen molar-refractivity contribution in [2.45, 2.75) is 0 Å². The Morgan fingerprint density at radius 3 is 3.08 bits per heavy atom. The topological polar surface area (TPSA) is 41.1 Å². The molecular formula is C8H4BrN3. The minimum absolute atomic E-state index is 0.580. The second-order valence-electron chi connectivity index (χ2n) is 2.36. The number of aromatic nitrogens is 2. The van der Waals surface area contributed by atoms with Crippen LogP contribution >= 0.6 is 15.9 Å². The molecule has 0 aliphatic rings. The quantitative estimate of drug-likeness (QED) is 0.683. The molecule has 0 aromatic carbocycles.